The van der Waals surface area contributed by atoms with Gasteiger partial charge in [0.15, 0.2) is 0 Å². The number of nitrogens with one attached hydrogen (secondary N) is 1. The highest BCUT2D eigenvalue weighted by Crippen LogP contribution is 2.35. The SMILES string of the molecule is CC(C)CC1CNC2(CCCC2)CN1CCSC(F)(F)F. The van der Waals surface area contributed by atoms with Crippen LogP contribution in [0.2, 0.25) is 0 Å². The lowest BCUT2D eigenvalue weighted by Gasteiger charge is -2.47. The monoisotopic (exact) mass is 324 g/mol. The average molecular weight is 324 g/mol. The molecule has 6 heteroatoms. The number of nitrogens with zero attached hydrogens (tertiary/aromatic N) is 1. The fourth-order valence-corrected chi connectivity index (χ4v) is 4.30. The molecule has 2 aliphatic rings. The van der Waals surface area contributed by atoms with E-state index >= 15 is 0 Å². The van der Waals surface area contributed by atoms with Crippen molar-refractivity contribution in [3.05, 3.63) is 0 Å². The molecule has 1 unspecified atom stereocenters. The largest absolute Gasteiger partial charge is 0.441 e. The third-order valence-corrected chi connectivity index (χ3v) is 5.40. The molecule has 1 spiro atoms. The van der Waals surface area contributed by atoms with E-state index < -0.39 is 5.51 Å². The van der Waals surface area contributed by atoms with Crippen molar-refractivity contribution < 1.29 is 13.2 Å². The summed E-state index contributed by atoms with van der Waals surface area (Å²) in [5.74, 6) is 0.723. The second-order valence-electron chi connectivity index (χ2n) is 6.92. The molecule has 2 nitrogen and oxygen atoms in total. The Morgan fingerprint density at radius 1 is 1.29 bits per heavy atom. The minimum absolute atomic E-state index is 0.117. The molecule has 1 N–H and O–H groups in total. The number of hydrogen-bond donors (Lipinski definition) is 1. The molecule has 0 aromatic heterocycles. The molecule has 1 heterocycles. The molecule has 2 fully saturated rings. The zero-order valence-electron chi connectivity index (χ0n) is 13.0. The minimum atomic E-state index is -4.10. The first-order valence-corrected chi connectivity index (χ1v) is 8.98. The van der Waals surface area contributed by atoms with Gasteiger partial charge in [-0.25, -0.2) is 0 Å². The normalized spacial score (nSPS) is 26.9. The lowest BCUT2D eigenvalue weighted by molar-refractivity contribution is -0.0330. The quantitative estimate of drug-likeness (QED) is 0.826. The van der Waals surface area contributed by atoms with Gasteiger partial charge in [0.25, 0.3) is 0 Å². The molecule has 0 aromatic carbocycles. The Morgan fingerprint density at radius 3 is 2.52 bits per heavy atom. The van der Waals surface area contributed by atoms with Crippen LogP contribution >= 0.6 is 11.8 Å². The molecule has 0 aromatic rings. The van der Waals surface area contributed by atoms with E-state index in [1.165, 1.54) is 25.7 Å². The van der Waals surface area contributed by atoms with Crippen LogP contribution in [0.4, 0.5) is 13.2 Å². The molecular weight excluding hydrogens is 297 g/mol. The maximum atomic E-state index is 12.3. The summed E-state index contributed by atoms with van der Waals surface area (Å²) in [6.07, 6.45) is 5.88. The van der Waals surface area contributed by atoms with Crippen LogP contribution in [0, 0.1) is 5.92 Å². The Bertz CT molecular complexity index is 327. The van der Waals surface area contributed by atoms with Crippen molar-refractivity contribution in [2.24, 2.45) is 5.92 Å². The van der Waals surface area contributed by atoms with Gasteiger partial charge in [-0.15, -0.1) is 0 Å². The fourth-order valence-electron chi connectivity index (χ4n) is 3.74. The molecule has 0 radical (unpaired) electrons. The first-order valence-electron chi connectivity index (χ1n) is 7.99. The van der Waals surface area contributed by atoms with Gasteiger partial charge < -0.3 is 5.32 Å². The lowest BCUT2D eigenvalue weighted by Crippen LogP contribution is -2.63. The third-order valence-electron chi connectivity index (χ3n) is 4.68. The summed E-state index contributed by atoms with van der Waals surface area (Å²) in [5.41, 5.74) is -3.93. The molecule has 1 saturated carbocycles. The summed E-state index contributed by atoms with van der Waals surface area (Å²) in [4.78, 5) is 2.32. The zero-order valence-corrected chi connectivity index (χ0v) is 13.8. The van der Waals surface area contributed by atoms with Crippen molar-refractivity contribution >= 4 is 11.8 Å². The number of halogens is 3. The molecule has 1 aliphatic heterocycles. The van der Waals surface area contributed by atoms with E-state index in [-0.39, 0.29) is 23.1 Å². The van der Waals surface area contributed by atoms with Crippen LogP contribution in [0.5, 0.6) is 0 Å². The second-order valence-corrected chi connectivity index (χ2v) is 8.08. The van der Waals surface area contributed by atoms with Crippen molar-refractivity contribution in [3.63, 3.8) is 0 Å². The predicted octanol–water partition coefficient (Wildman–Crippen LogP) is 3.87. The highest BCUT2D eigenvalue weighted by Gasteiger charge is 2.41. The molecule has 1 saturated heterocycles. The lowest BCUT2D eigenvalue weighted by atomic mass is 9.90. The van der Waals surface area contributed by atoms with Crippen molar-refractivity contribution in [3.8, 4) is 0 Å². The summed E-state index contributed by atoms with van der Waals surface area (Å²) in [6.45, 7) is 6.76. The summed E-state index contributed by atoms with van der Waals surface area (Å²) in [5, 5.41) is 3.72. The van der Waals surface area contributed by atoms with Gasteiger partial charge in [-0.05, 0) is 36.9 Å². The molecule has 0 amide bonds. The van der Waals surface area contributed by atoms with E-state index in [9.17, 15) is 13.2 Å². The fraction of sp³-hybridized carbons (Fsp3) is 1.00. The van der Waals surface area contributed by atoms with Crippen molar-refractivity contribution in [1.29, 1.82) is 0 Å². The van der Waals surface area contributed by atoms with Gasteiger partial charge in [-0.2, -0.15) is 13.2 Å². The first-order chi connectivity index (χ1) is 9.80. The Hall–Kier alpha value is 0.0600. The van der Waals surface area contributed by atoms with Crippen molar-refractivity contribution in [1.82, 2.24) is 10.2 Å². The molecule has 2 rings (SSSR count). The van der Waals surface area contributed by atoms with Crippen LogP contribution in [0.25, 0.3) is 0 Å². The van der Waals surface area contributed by atoms with E-state index in [0.717, 1.165) is 19.5 Å². The van der Waals surface area contributed by atoms with Gasteiger partial charge in [-0.3, -0.25) is 4.90 Å². The first kappa shape index (κ1) is 17.4. The Labute approximate surface area is 130 Å². The summed E-state index contributed by atoms with van der Waals surface area (Å²) in [6, 6.07) is 0.380. The maximum absolute atomic E-state index is 12.3. The number of piperazine rings is 1. The summed E-state index contributed by atoms with van der Waals surface area (Å²) in [7, 11) is 0. The van der Waals surface area contributed by atoms with Gasteiger partial charge >= 0.3 is 5.51 Å². The number of alkyl halides is 3. The highest BCUT2D eigenvalue weighted by molar-refractivity contribution is 8.00. The van der Waals surface area contributed by atoms with Crippen molar-refractivity contribution in [2.75, 3.05) is 25.4 Å². The van der Waals surface area contributed by atoms with E-state index in [4.69, 9.17) is 0 Å². The van der Waals surface area contributed by atoms with Crippen LogP contribution < -0.4 is 5.32 Å². The molecule has 1 aliphatic carbocycles. The Morgan fingerprint density at radius 2 is 1.95 bits per heavy atom. The van der Waals surface area contributed by atoms with E-state index in [2.05, 4.69) is 24.1 Å². The highest BCUT2D eigenvalue weighted by atomic mass is 32.2. The summed E-state index contributed by atoms with van der Waals surface area (Å²) >= 11 is 0.117. The number of rotatable bonds is 5. The second kappa shape index (κ2) is 7.09. The van der Waals surface area contributed by atoms with E-state index in [1.807, 2.05) is 0 Å². The molecule has 0 bridgehead atoms. The average Bonchev–Trinajstić information content (AvgIpc) is 2.79. The van der Waals surface area contributed by atoms with Crippen LogP contribution in [-0.4, -0.2) is 47.4 Å². The van der Waals surface area contributed by atoms with E-state index in [1.54, 1.807) is 0 Å². The smallest absolute Gasteiger partial charge is 0.308 e. The van der Waals surface area contributed by atoms with Crippen LogP contribution in [0.1, 0.15) is 46.0 Å². The topological polar surface area (TPSA) is 15.3 Å². The third kappa shape index (κ3) is 5.32. The number of hydrogen-bond acceptors (Lipinski definition) is 3. The van der Waals surface area contributed by atoms with Crippen LogP contribution in [0.15, 0.2) is 0 Å². The van der Waals surface area contributed by atoms with Gasteiger partial charge in [0.05, 0.1) is 0 Å². The molecule has 21 heavy (non-hydrogen) atoms. The molecule has 124 valence electrons. The zero-order chi connectivity index (χ0) is 15.5. The molecular formula is C15H27F3N2S. The van der Waals surface area contributed by atoms with Gasteiger partial charge in [0.2, 0.25) is 0 Å². The van der Waals surface area contributed by atoms with Gasteiger partial charge in [-0.1, -0.05) is 26.7 Å². The van der Waals surface area contributed by atoms with Crippen LogP contribution in [0.3, 0.4) is 0 Å². The van der Waals surface area contributed by atoms with E-state index in [0.29, 0.717) is 18.5 Å². The predicted molar refractivity (Wildman–Crippen MR) is 82.5 cm³/mol. The Kier molecular flexibility index (Phi) is 5.88. The maximum Gasteiger partial charge on any atom is 0.441 e. The molecule has 1 atom stereocenters. The minimum Gasteiger partial charge on any atom is -0.308 e. The Balaban J connectivity index is 1.92. The standard InChI is InChI=1S/C15H27F3N2S/c1-12(2)9-13-10-19-14(5-3-4-6-14)11-20(13)7-8-21-15(16,17)18/h12-13,19H,3-11H2,1-2H3. The van der Waals surface area contributed by atoms with Crippen LogP contribution in [-0.2, 0) is 0 Å². The van der Waals surface area contributed by atoms with Gasteiger partial charge in [0.1, 0.15) is 0 Å². The van der Waals surface area contributed by atoms with Gasteiger partial charge in [0, 0.05) is 37.0 Å². The number of thioether (sulfide) groups is 1. The summed E-state index contributed by atoms with van der Waals surface area (Å²) < 4.78 is 37.0. The van der Waals surface area contributed by atoms with Crippen molar-refractivity contribution in [2.45, 2.75) is 63.0 Å².